The highest BCUT2D eigenvalue weighted by atomic mass is 35.5. The fourth-order valence-electron chi connectivity index (χ4n) is 2.93. The first-order valence-corrected chi connectivity index (χ1v) is 10.8. The number of anilines is 1. The van der Waals surface area contributed by atoms with Crippen LogP contribution in [0.2, 0.25) is 5.02 Å². The Morgan fingerprint density at radius 2 is 1.86 bits per heavy atom. The summed E-state index contributed by atoms with van der Waals surface area (Å²) >= 11 is 7.44. The van der Waals surface area contributed by atoms with E-state index in [1.807, 2.05) is 30.3 Å². The maximum Gasteiger partial charge on any atom is 0.268 e. The smallest absolute Gasteiger partial charge is 0.268 e. The van der Waals surface area contributed by atoms with Crippen molar-refractivity contribution in [1.29, 1.82) is 0 Å². The Morgan fingerprint density at radius 3 is 2.55 bits per heavy atom. The molecule has 5 nitrogen and oxygen atoms in total. The summed E-state index contributed by atoms with van der Waals surface area (Å²) in [6.45, 7) is 2.78. The summed E-state index contributed by atoms with van der Waals surface area (Å²) in [5, 5.41) is 3.47. The van der Waals surface area contributed by atoms with Gasteiger partial charge in [0.2, 0.25) is 5.91 Å². The minimum Gasteiger partial charge on any atom is -0.496 e. The van der Waals surface area contributed by atoms with Gasteiger partial charge in [-0.15, -0.1) is 11.8 Å². The fourth-order valence-corrected chi connectivity index (χ4v) is 3.93. The molecule has 1 N–H and O–H groups in total. The highest BCUT2D eigenvalue weighted by Gasteiger charge is 2.27. The molecule has 2 aromatic carbocycles. The van der Waals surface area contributed by atoms with Gasteiger partial charge in [-0.25, -0.2) is 0 Å². The highest BCUT2D eigenvalue weighted by Crippen LogP contribution is 2.29. The number of amides is 2. The van der Waals surface area contributed by atoms with E-state index in [4.69, 9.17) is 16.3 Å². The van der Waals surface area contributed by atoms with Crippen LogP contribution in [0.15, 0.2) is 65.3 Å². The van der Waals surface area contributed by atoms with E-state index in [0.29, 0.717) is 40.3 Å². The van der Waals surface area contributed by atoms with Crippen LogP contribution in [-0.2, 0) is 20.7 Å². The average molecular weight is 431 g/mol. The Morgan fingerprint density at radius 1 is 1.14 bits per heavy atom. The number of ether oxygens (including phenoxy) is 1. The molecule has 0 saturated heterocycles. The van der Waals surface area contributed by atoms with Gasteiger partial charge >= 0.3 is 0 Å². The van der Waals surface area contributed by atoms with Crippen molar-refractivity contribution in [3.05, 3.63) is 75.8 Å². The van der Waals surface area contributed by atoms with Crippen molar-refractivity contribution < 1.29 is 14.3 Å². The third-order valence-corrected chi connectivity index (χ3v) is 5.80. The molecule has 1 heterocycles. The number of nitrogens with one attached hydrogen (secondary N) is 1. The molecule has 2 amide bonds. The van der Waals surface area contributed by atoms with Gasteiger partial charge < -0.3 is 10.1 Å². The van der Waals surface area contributed by atoms with Crippen LogP contribution in [0.3, 0.4) is 0 Å². The summed E-state index contributed by atoms with van der Waals surface area (Å²) in [5.41, 5.74) is 1.76. The molecule has 0 radical (unpaired) electrons. The molecule has 1 aliphatic heterocycles. The molecule has 0 saturated carbocycles. The summed E-state index contributed by atoms with van der Waals surface area (Å²) in [6, 6.07) is 16.8. The first-order valence-electron chi connectivity index (χ1n) is 9.39. The van der Waals surface area contributed by atoms with Crippen LogP contribution in [0, 0.1) is 0 Å². The monoisotopic (exact) mass is 430 g/mol. The zero-order valence-electron chi connectivity index (χ0n) is 16.2. The second-order valence-electron chi connectivity index (χ2n) is 6.54. The van der Waals surface area contributed by atoms with Gasteiger partial charge in [0.15, 0.2) is 0 Å². The second-order valence-corrected chi connectivity index (χ2v) is 8.08. The molecule has 29 heavy (non-hydrogen) atoms. The number of carbonyl (C=O) groups is 2. The van der Waals surface area contributed by atoms with Crippen LogP contribution in [0.1, 0.15) is 12.5 Å². The Balaban J connectivity index is 1.70. The number of benzene rings is 2. The molecule has 7 heteroatoms. The fraction of sp³-hybridized carbons (Fsp3) is 0.273. The first kappa shape index (κ1) is 21.3. The molecule has 3 rings (SSSR count). The summed E-state index contributed by atoms with van der Waals surface area (Å²) in [4.78, 5) is 27.7. The Bertz CT molecular complexity index is 885. The van der Waals surface area contributed by atoms with Crippen molar-refractivity contribution in [2.75, 3.05) is 30.3 Å². The SMILES string of the molecule is CC1=C(C(=O)N(CC(=O)NCCc2ccccc2)c2ccc(Cl)cc2)SCCO1. The molecule has 0 bridgehead atoms. The van der Waals surface area contributed by atoms with E-state index in [-0.39, 0.29) is 18.4 Å². The summed E-state index contributed by atoms with van der Waals surface area (Å²) < 4.78 is 5.53. The number of thioether (sulfide) groups is 1. The number of halogens is 1. The predicted octanol–water partition coefficient (Wildman–Crippen LogP) is 4.03. The van der Waals surface area contributed by atoms with E-state index < -0.39 is 0 Å². The lowest BCUT2D eigenvalue weighted by Crippen LogP contribution is -2.42. The topological polar surface area (TPSA) is 58.6 Å². The van der Waals surface area contributed by atoms with Crippen LogP contribution in [0.4, 0.5) is 5.69 Å². The second kappa shape index (κ2) is 10.4. The quantitative estimate of drug-likeness (QED) is 0.720. The molecule has 0 aliphatic carbocycles. The van der Waals surface area contributed by atoms with Crippen molar-refractivity contribution in [2.45, 2.75) is 13.3 Å². The molecule has 0 fully saturated rings. The van der Waals surface area contributed by atoms with Crippen molar-refractivity contribution in [1.82, 2.24) is 5.32 Å². The third-order valence-electron chi connectivity index (χ3n) is 4.43. The number of rotatable bonds is 7. The predicted molar refractivity (Wildman–Crippen MR) is 118 cm³/mol. The van der Waals surface area contributed by atoms with E-state index >= 15 is 0 Å². The molecule has 0 unspecified atom stereocenters. The van der Waals surface area contributed by atoms with Crippen molar-refractivity contribution in [2.24, 2.45) is 0 Å². The summed E-state index contributed by atoms with van der Waals surface area (Å²) in [5.74, 6) is 0.836. The lowest BCUT2D eigenvalue weighted by atomic mass is 10.1. The lowest BCUT2D eigenvalue weighted by molar-refractivity contribution is -0.122. The molecule has 1 aliphatic rings. The van der Waals surface area contributed by atoms with E-state index in [0.717, 1.165) is 12.0 Å². The molecular weight excluding hydrogens is 408 g/mol. The van der Waals surface area contributed by atoms with Crippen molar-refractivity contribution in [3.63, 3.8) is 0 Å². The average Bonchev–Trinajstić information content (AvgIpc) is 2.73. The molecule has 0 aromatic heterocycles. The summed E-state index contributed by atoms with van der Waals surface area (Å²) in [6.07, 6.45) is 0.732. The maximum absolute atomic E-state index is 13.2. The van der Waals surface area contributed by atoms with Gasteiger partial charge in [-0.2, -0.15) is 0 Å². The highest BCUT2D eigenvalue weighted by molar-refractivity contribution is 8.04. The van der Waals surface area contributed by atoms with Gasteiger partial charge in [-0.05, 0) is 43.2 Å². The largest absolute Gasteiger partial charge is 0.496 e. The van der Waals surface area contributed by atoms with E-state index in [1.165, 1.54) is 16.7 Å². The van der Waals surface area contributed by atoms with Crippen LogP contribution in [0.25, 0.3) is 0 Å². The number of nitrogens with zero attached hydrogens (tertiary/aromatic N) is 1. The van der Waals surface area contributed by atoms with Crippen LogP contribution in [0.5, 0.6) is 0 Å². The minimum atomic E-state index is -0.243. The summed E-state index contributed by atoms with van der Waals surface area (Å²) in [7, 11) is 0. The first-order chi connectivity index (χ1) is 14.0. The van der Waals surface area contributed by atoms with E-state index in [1.54, 1.807) is 31.2 Å². The number of hydrogen-bond acceptors (Lipinski definition) is 4. The van der Waals surface area contributed by atoms with Crippen LogP contribution >= 0.6 is 23.4 Å². The standard InChI is InChI=1S/C22H23ClN2O3S/c1-16-21(29-14-13-28-16)22(27)25(19-9-7-18(23)8-10-19)15-20(26)24-12-11-17-5-3-2-4-6-17/h2-10H,11-15H2,1H3,(H,24,26). The van der Waals surface area contributed by atoms with Crippen molar-refractivity contribution >= 4 is 40.9 Å². The Hall–Kier alpha value is -2.44. The van der Waals surface area contributed by atoms with Gasteiger partial charge in [-0.1, -0.05) is 41.9 Å². The van der Waals surface area contributed by atoms with Gasteiger partial charge in [0, 0.05) is 23.0 Å². The lowest BCUT2D eigenvalue weighted by Gasteiger charge is -2.26. The van der Waals surface area contributed by atoms with Gasteiger partial charge in [-0.3, -0.25) is 14.5 Å². The Labute approximate surface area is 180 Å². The van der Waals surface area contributed by atoms with Crippen molar-refractivity contribution in [3.8, 4) is 0 Å². The molecule has 0 atom stereocenters. The molecule has 2 aromatic rings. The van der Waals surface area contributed by atoms with Crippen LogP contribution < -0.4 is 10.2 Å². The van der Waals surface area contributed by atoms with E-state index in [2.05, 4.69) is 5.32 Å². The normalized spacial score (nSPS) is 13.6. The van der Waals surface area contributed by atoms with E-state index in [9.17, 15) is 9.59 Å². The number of hydrogen-bond donors (Lipinski definition) is 1. The molecule has 0 spiro atoms. The van der Waals surface area contributed by atoms with Gasteiger partial charge in [0.25, 0.3) is 5.91 Å². The zero-order valence-corrected chi connectivity index (χ0v) is 17.8. The minimum absolute atomic E-state index is 0.0768. The van der Waals surface area contributed by atoms with Gasteiger partial charge in [0.05, 0.1) is 6.61 Å². The zero-order chi connectivity index (χ0) is 20.6. The third kappa shape index (κ3) is 6.02. The van der Waals surface area contributed by atoms with Crippen LogP contribution in [-0.4, -0.2) is 37.3 Å². The Kier molecular flexibility index (Phi) is 7.61. The number of allylic oxidation sites excluding steroid dienone is 1. The van der Waals surface area contributed by atoms with Gasteiger partial charge in [0.1, 0.15) is 17.2 Å². The molecule has 152 valence electrons. The number of carbonyl (C=O) groups excluding carboxylic acids is 2. The molecular formula is C22H23ClN2O3S. The maximum atomic E-state index is 13.2.